The smallest absolute Gasteiger partial charge is 0.253 e. The van der Waals surface area contributed by atoms with Gasteiger partial charge >= 0.3 is 0 Å². The van der Waals surface area contributed by atoms with Crippen molar-refractivity contribution in [3.63, 3.8) is 0 Å². The summed E-state index contributed by atoms with van der Waals surface area (Å²) in [6.45, 7) is 0.651. The van der Waals surface area contributed by atoms with Crippen molar-refractivity contribution in [3.05, 3.63) is 63.6 Å². The van der Waals surface area contributed by atoms with Gasteiger partial charge in [-0.05, 0) is 29.3 Å². The Morgan fingerprint density at radius 1 is 1.14 bits per heavy atom. The monoisotopic (exact) mass is 348 g/mol. The Bertz CT molecular complexity index is 627. The third kappa shape index (κ3) is 4.06. The molecule has 0 atom stereocenters. The number of carbonyl (C=O) groups excluding carboxylic acids is 1. The minimum Gasteiger partial charge on any atom is -0.392 e. The van der Waals surface area contributed by atoms with Gasteiger partial charge in [-0.2, -0.15) is 0 Å². The molecule has 0 radical (unpaired) electrons. The number of rotatable bonds is 5. The van der Waals surface area contributed by atoms with Crippen LogP contribution in [0.5, 0.6) is 0 Å². The number of hydrogen-bond donors (Lipinski definition) is 3. The van der Waals surface area contributed by atoms with Crippen LogP contribution in [0.25, 0.3) is 0 Å². The fourth-order valence-electron chi connectivity index (χ4n) is 1.95. The number of amides is 1. The summed E-state index contributed by atoms with van der Waals surface area (Å²) in [5.74, 6) is -0.130. The molecule has 0 saturated heterocycles. The van der Waals surface area contributed by atoms with Gasteiger partial charge in [0.25, 0.3) is 5.91 Å². The van der Waals surface area contributed by atoms with Crippen molar-refractivity contribution in [2.75, 3.05) is 12.4 Å². The largest absolute Gasteiger partial charge is 0.392 e. The van der Waals surface area contributed by atoms with Gasteiger partial charge < -0.3 is 15.7 Å². The second kappa shape index (κ2) is 7.24. The Labute approximate surface area is 132 Å². The molecule has 0 aliphatic rings. The van der Waals surface area contributed by atoms with E-state index in [-0.39, 0.29) is 12.5 Å². The third-order valence-corrected chi connectivity index (χ3v) is 3.64. The van der Waals surface area contributed by atoms with Crippen molar-refractivity contribution in [1.29, 1.82) is 0 Å². The molecule has 110 valence electrons. The molecule has 5 heteroatoms. The van der Waals surface area contributed by atoms with Crippen molar-refractivity contribution < 1.29 is 9.90 Å². The highest BCUT2D eigenvalue weighted by molar-refractivity contribution is 9.10. The van der Waals surface area contributed by atoms with Crippen LogP contribution in [0.3, 0.4) is 0 Å². The van der Waals surface area contributed by atoms with E-state index in [1.807, 2.05) is 36.4 Å². The van der Waals surface area contributed by atoms with Gasteiger partial charge in [0, 0.05) is 23.8 Å². The number of hydrogen-bond acceptors (Lipinski definition) is 3. The van der Waals surface area contributed by atoms with Crippen molar-refractivity contribution in [2.24, 2.45) is 0 Å². The second-order valence-electron chi connectivity index (χ2n) is 4.60. The van der Waals surface area contributed by atoms with Crippen LogP contribution >= 0.6 is 15.9 Å². The Kier molecular flexibility index (Phi) is 5.36. The highest BCUT2D eigenvalue weighted by atomic mass is 79.9. The summed E-state index contributed by atoms with van der Waals surface area (Å²) in [5.41, 5.74) is 3.34. The summed E-state index contributed by atoms with van der Waals surface area (Å²) in [7, 11) is 1.61. The molecule has 0 spiro atoms. The van der Waals surface area contributed by atoms with Crippen molar-refractivity contribution >= 4 is 27.5 Å². The Morgan fingerprint density at radius 2 is 1.81 bits per heavy atom. The standard InChI is InChI=1S/C16H17BrN2O2/c1-18-16(21)14-8-13(17)6-7-15(14)19-9-11-2-4-12(10-20)5-3-11/h2-8,19-20H,9-10H2,1H3,(H,18,21). The first-order valence-corrected chi connectivity index (χ1v) is 7.37. The van der Waals surface area contributed by atoms with Gasteiger partial charge in [-0.3, -0.25) is 4.79 Å². The zero-order chi connectivity index (χ0) is 15.2. The first kappa shape index (κ1) is 15.5. The molecular weight excluding hydrogens is 332 g/mol. The second-order valence-corrected chi connectivity index (χ2v) is 5.51. The van der Waals surface area contributed by atoms with E-state index in [9.17, 15) is 4.79 Å². The first-order valence-electron chi connectivity index (χ1n) is 6.58. The predicted molar refractivity (Wildman–Crippen MR) is 87.2 cm³/mol. The molecule has 0 aromatic heterocycles. The van der Waals surface area contributed by atoms with Crippen LogP contribution in [0.4, 0.5) is 5.69 Å². The number of carbonyl (C=O) groups is 1. The molecule has 2 rings (SSSR count). The SMILES string of the molecule is CNC(=O)c1cc(Br)ccc1NCc1ccc(CO)cc1. The predicted octanol–water partition coefficient (Wildman–Crippen LogP) is 2.91. The third-order valence-electron chi connectivity index (χ3n) is 3.14. The Morgan fingerprint density at radius 3 is 2.43 bits per heavy atom. The number of aliphatic hydroxyl groups excluding tert-OH is 1. The molecule has 4 nitrogen and oxygen atoms in total. The lowest BCUT2D eigenvalue weighted by atomic mass is 10.1. The summed E-state index contributed by atoms with van der Waals surface area (Å²) >= 11 is 3.37. The number of benzene rings is 2. The lowest BCUT2D eigenvalue weighted by Crippen LogP contribution is -2.19. The molecule has 0 aliphatic carbocycles. The average molecular weight is 349 g/mol. The number of anilines is 1. The molecule has 21 heavy (non-hydrogen) atoms. The molecule has 1 amide bonds. The molecule has 0 aliphatic heterocycles. The maximum atomic E-state index is 11.9. The lowest BCUT2D eigenvalue weighted by molar-refractivity contribution is 0.0964. The molecule has 2 aromatic carbocycles. The van der Waals surface area contributed by atoms with E-state index in [0.717, 1.165) is 21.3 Å². The van der Waals surface area contributed by atoms with Crippen LogP contribution in [0.2, 0.25) is 0 Å². The molecule has 0 heterocycles. The lowest BCUT2D eigenvalue weighted by Gasteiger charge is -2.12. The van der Waals surface area contributed by atoms with E-state index in [2.05, 4.69) is 26.6 Å². The summed E-state index contributed by atoms with van der Waals surface area (Å²) in [6, 6.07) is 13.2. The maximum absolute atomic E-state index is 11.9. The number of aliphatic hydroxyl groups is 1. The normalized spacial score (nSPS) is 10.2. The summed E-state index contributed by atoms with van der Waals surface area (Å²) < 4.78 is 0.860. The summed E-state index contributed by atoms with van der Waals surface area (Å²) in [5, 5.41) is 14.9. The molecule has 2 aromatic rings. The van der Waals surface area contributed by atoms with Gasteiger partial charge in [-0.1, -0.05) is 40.2 Å². The fraction of sp³-hybridized carbons (Fsp3) is 0.188. The average Bonchev–Trinajstić information content (AvgIpc) is 2.53. The van der Waals surface area contributed by atoms with E-state index in [0.29, 0.717) is 12.1 Å². The quantitative estimate of drug-likeness (QED) is 0.778. The van der Waals surface area contributed by atoms with E-state index >= 15 is 0 Å². The van der Waals surface area contributed by atoms with E-state index < -0.39 is 0 Å². The molecular formula is C16H17BrN2O2. The molecule has 0 unspecified atom stereocenters. The summed E-state index contributed by atoms with van der Waals surface area (Å²) in [4.78, 5) is 11.9. The Hall–Kier alpha value is -1.85. The zero-order valence-electron chi connectivity index (χ0n) is 11.7. The fourth-order valence-corrected chi connectivity index (χ4v) is 2.31. The number of halogens is 1. The van der Waals surface area contributed by atoms with E-state index in [4.69, 9.17) is 5.11 Å². The minimum atomic E-state index is -0.130. The van der Waals surface area contributed by atoms with Crippen LogP contribution in [-0.2, 0) is 13.2 Å². The van der Waals surface area contributed by atoms with Gasteiger partial charge in [0.05, 0.1) is 12.2 Å². The van der Waals surface area contributed by atoms with Crippen molar-refractivity contribution in [3.8, 4) is 0 Å². The summed E-state index contributed by atoms with van der Waals surface area (Å²) in [6.07, 6.45) is 0. The Balaban J connectivity index is 2.13. The molecule has 3 N–H and O–H groups in total. The maximum Gasteiger partial charge on any atom is 0.253 e. The highest BCUT2D eigenvalue weighted by Crippen LogP contribution is 2.21. The van der Waals surface area contributed by atoms with Gasteiger partial charge in [0.2, 0.25) is 0 Å². The topological polar surface area (TPSA) is 61.4 Å². The molecule has 0 saturated carbocycles. The minimum absolute atomic E-state index is 0.0429. The zero-order valence-corrected chi connectivity index (χ0v) is 13.3. The van der Waals surface area contributed by atoms with Crippen LogP contribution in [0, 0.1) is 0 Å². The van der Waals surface area contributed by atoms with E-state index in [1.165, 1.54) is 0 Å². The van der Waals surface area contributed by atoms with Crippen LogP contribution in [0.1, 0.15) is 21.5 Å². The van der Waals surface area contributed by atoms with E-state index in [1.54, 1.807) is 13.1 Å². The molecule has 0 fully saturated rings. The van der Waals surface area contributed by atoms with Crippen LogP contribution in [0.15, 0.2) is 46.9 Å². The van der Waals surface area contributed by atoms with Crippen molar-refractivity contribution in [1.82, 2.24) is 5.32 Å². The van der Waals surface area contributed by atoms with Gasteiger partial charge in [0.1, 0.15) is 0 Å². The van der Waals surface area contributed by atoms with Gasteiger partial charge in [0.15, 0.2) is 0 Å². The van der Waals surface area contributed by atoms with Gasteiger partial charge in [-0.25, -0.2) is 0 Å². The molecule has 0 bridgehead atoms. The van der Waals surface area contributed by atoms with Gasteiger partial charge in [-0.15, -0.1) is 0 Å². The van der Waals surface area contributed by atoms with Crippen LogP contribution < -0.4 is 10.6 Å². The van der Waals surface area contributed by atoms with Crippen LogP contribution in [-0.4, -0.2) is 18.1 Å². The highest BCUT2D eigenvalue weighted by Gasteiger charge is 2.10. The number of nitrogens with one attached hydrogen (secondary N) is 2. The van der Waals surface area contributed by atoms with Crippen molar-refractivity contribution in [2.45, 2.75) is 13.2 Å². The first-order chi connectivity index (χ1) is 10.1.